The number of benzene rings is 4. The van der Waals surface area contributed by atoms with Crippen molar-refractivity contribution in [2.75, 3.05) is 0 Å². The maximum atomic E-state index is 3.30. The molecular formula is C26H18Ca. The summed E-state index contributed by atoms with van der Waals surface area (Å²) in [7, 11) is 0. The molecule has 2 aliphatic carbocycles. The van der Waals surface area contributed by atoms with E-state index in [1.54, 1.807) is 0 Å². The van der Waals surface area contributed by atoms with E-state index in [2.05, 4.69) is 84.9 Å². The van der Waals surface area contributed by atoms with Crippen LogP contribution in [0.3, 0.4) is 0 Å². The zero-order valence-electron chi connectivity index (χ0n) is 15.2. The Morgan fingerprint density at radius 2 is 0.889 bits per heavy atom. The third kappa shape index (κ3) is 3.50. The van der Waals surface area contributed by atoms with Crippen LogP contribution in [0.2, 0.25) is 0 Å². The Hall–Kier alpha value is -1.86. The Bertz CT molecular complexity index is 918. The van der Waals surface area contributed by atoms with Crippen molar-refractivity contribution >= 4 is 37.7 Å². The molecule has 0 heterocycles. The average Bonchev–Trinajstić information content (AvgIpc) is 3.27. The van der Waals surface area contributed by atoms with E-state index < -0.39 is 0 Å². The molecule has 0 spiro atoms. The van der Waals surface area contributed by atoms with Crippen molar-refractivity contribution < 1.29 is 0 Å². The average molecular weight is 371 g/mol. The van der Waals surface area contributed by atoms with Crippen LogP contribution < -0.4 is 0 Å². The van der Waals surface area contributed by atoms with Crippen LogP contribution in [-0.4, -0.2) is 37.7 Å². The molecule has 4 aromatic rings. The fraction of sp³-hybridized carbons (Fsp3) is 0.0769. The second-order valence-corrected chi connectivity index (χ2v) is 6.79. The molecule has 0 N–H and O–H groups in total. The van der Waals surface area contributed by atoms with E-state index in [4.69, 9.17) is 0 Å². The summed E-state index contributed by atoms with van der Waals surface area (Å²) in [5.41, 5.74) is 11.0. The fourth-order valence-electron chi connectivity index (χ4n) is 4.00. The van der Waals surface area contributed by atoms with Gasteiger partial charge < -0.3 is 0 Å². The van der Waals surface area contributed by atoms with Gasteiger partial charge in [-0.25, -0.2) is 0 Å². The van der Waals surface area contributed by atoms with E-state index in [1.165, 1.54) is 44.5 Å². The molecule has 6 rings (SSSR count). The van der Waals surface area contributed by atoms with Gasteiger partial charge in [0.25, 0.3) is 0 Å². The van der Waals surface area contributed by atoms with Crippen molar-refractivity contribution in [1.82, 2.24) is 0 Å². The van der Waals surface area contributed by atoms with E-state index in [1.807, 2.05) is 12.1 Å². The summed E-state index contributed by atoms with van der Waals surface area (Å²) in [6.45, 7) is 0. The van der Waals surface area contributed by atoms with Gasteiger partial charge in [0.15, 0.2) is 0 Å². The first-order valence-corrected chi connectivity index (χ1v) is 9.06. The maximum absolute atomic E-state index is 3.30. The molecule has 27 heavy (non-hydrogen) atoms. The molecule has 0 bridgehead atoms. The molecule has 0 unspecified atom stereocenters. The molecular weight excluding hydrogens is 352 g/mol. The minimum atomic E-state index is 0. The molecule has 0 saturated heterocycles. The van der Waals surface area contributed by atoms with E-state index >= 15 is 0 Å². The van der Waals surface area contributed by atoms with Crippen molar-refractivity contribution in [3.63, 3.8) is 0 Å². The first-order valence-electron chi connectivity index (χ1n) is 9.06. The molecule has 0 atom stereocenters. The summed E-state index contributed by atoms with van der Waals surface area (Å²) < 4.78 is 0. The molecule has 4 aromatic carbocycles. The van der Waals surface area contributed by atoms with Crippen LogP contribution in [-0.2, 0) is 12.8 Å². The number of hydrogen-bond donors (Lipinski definition) is 0. The van der Waals surface area contributed by atoms with Crippen molar-refractivity contribution in [3.8, 4) is 22.3 Å². The fourth-order valence-corrected chi connectivity index (χ4v) is 4.00. The molecule has 0 radical (unpaired) electrons. The van der Waals surface area contributed by atoms with Crippen LogP contribution in [0.4, 0.5) is 0 Å². The first-order chi connectivity index (χ1) is 12.9. The third-order valence-corrected chi connectivity index (χ3v) is 5.23. The standard InChI is InChI=1S/2C13H9.Ca/c2*1-3-7-12-10(5-1)9-11-6-2-4-8-13(11)12;/h2*1-5,7-8H,9H2;/q2*-1;+2. The molecule has 0 fully saturated rings. The zero-order valence-corrected chi connectivity index (χ0v) is 17.4. The predicted molar refractivity (Wildman–Crippen MR) is 113 cm³/mol. The van der Waals surface area contributed by atoms with E-state index in [9.17, 15) is 0 Å². The van der Waals surface area contributed by atoms with Crippen molar-refractivity contribution in [2.24, 2.45) is 0 Å². The summed E-state index contributed by atoms with van der Waals surface area (Å²) in [6, 6.07) is 36.2. The second kappa shape index (κ2) is 8.02. The Balaban J connectivity index is 0.000000129. The number of fused-ring (bicyclic) bond motifs is 6. The van der Waals surface area contributed by atoms with E-state index in [-0.39, 0.29) is 37.7 Å². The maximum Gasteiger partial charge on any atom is 2.00 e. The van der Waals surface area contributed by atoms with Gasteiger partial charge in [0.05, 0.1) is 0 Å². The van der Waals surface area contributed by atoms with Crippen molar-refractivity contribution in [2.45, 2.75) is 12.8 Å². The topological polar surface area (TPSA) is 0 Å². The number of hydrogen-bond acceptors (Lipinski definition) is 0. The van der Waals surface area contributed by atoms with Gasteiger partial charge in [-0.3, -0.25) is 0 Å². The van der Waals surface area contributed by atoms with Crippen LogP contribution in [0.15, 0.2) is 84.9 Å². The molecule has 0 nitrogen and oxygen atoms in total. The molecule has 0 aromatic heterocycles. The number of rotatable bonds is 0. The molecule has 0 aliphatic heterocycles. The Labute approximate surface area is 190 Å². The van der Waals surface area contributed by atoms with Gasteiger partial charge in [0, 0.05) is 0 Å². The zero-order chi connectivity index (χ0) is 17.3. The van der Waals surface area contributed by atoms with Crippen molar-refractivity contribution in [3.05, 3.63) is 119 Å². The van der Waals surface area contributed by atoms with Gasteiger partial charge in [-0.05, 0) is 12.8 Å². The Kier molecular flexibility index (Phi) is 5.50. The minimum absolute atomic E-state index is 0. The predicted octanol–water partition coefficient (Wildman–Crippen LogP) is 5.74. The monoisotopic (exact) mass is 370 g/mol. The first kappa shape index (κ1) is 18.5. The summed E-state index contributed by atoms with van der Waals surface area (Å²) >= 11 is 0. The minimum Gasteiger partial charge on any atom is -0.179 e. The summed E-state index contributed by atoms with van der Waals surface area (Å²) in [4.78, 5) is 0. The smallest absolute Gasteiger partial charge is 0.179 e. The van der Waals surface area contributed by atoms with Gasteiger partial charge >= 0.3 is 37.7 Å². The quantitative estimate of drug-likeness (QED) is 0.236. The Morgan fingerprint density at radius 1 is 0.481 bits per heavy atom. The van der Waals surface area contributed by atoms with Gasteiger partial charge in [0.1, 0.15) is 0 Å². The van der Waals surface area contributed by atoms with Crippen LogP contribution in [0.25, 0.3) is 22.3 Å². The van der Waals surface area contributed by atoms with Crippen LogP contribution in [0.5, 0.6) is 0 Å². The van der Waals surface area contributed by atoms with E-state index in [0.717, 1.165) is 12.8 Å². The molecule has 0 amide bonds. The third-order valence-electron chi connectivity index (χ3n) is 5.23. The second-order valence-electron chi connectivity index (χ2n) is 6.79. The van der Waals surface area contributed by atoms with Gasteiger partial charge in [-0.15, -0.1) is 11.1 Å². The Morgan fingerprint density at radius 3 is 1.37 bits per heavy atom. The largest absolute Gasteiger partial charge is 2.00 e. The van der Waals surface area contributed by atoms with E-state index in [0.29, 0.717) is 0 Å². The summed E-state index contributed by atoms with van der Waals surface area (Å²) in [5, 5.41) is 0. The molecule has 2 aliphatic rings. The normalized spacial score (nSPS) is 11.9. The van der Waals surface area contributed by atoms with Gasteiger partial charge in [-0.2, -0.15) is 59.7 Å². The molecule has 124 valence electrons. The van der Waals surface area contributed by atoms with Crippen molar-refractivity contribution in [1.29, 1.82) is 0 Å². The van der Waals surface area contributed by atoms with Crippen LogP contribution >= 0.6 is 0 Å². The van der Waals surface area contributed by atoms with Crippen LogP contribution in [0, 0.1) is 12.1 Å². The molecule has 1 heteroatoms. The molecule has 0 saturated carbocycles. The van der Waals surface area contributed by atoms with Crippen LogP contribution in [0.1, 0.15) is 22.3 Å². The summed E-state index contributed by atoms with van der Waals surface area (Å²) in [5.74, 6) is 0. The SMILES string of the molecule is [Ca+2].[c-]1cccc2c1Cc1ccccc1-2.[c-]1cccc2c1Cc1ccccc1-2. The summed E-state index contributed by atoms with van der Waals surface area (Å²) in [6.07, 6.45) is 2.10. The van der Waals surface area contributed by atoms with Gasteiger partial charge in [0.2, 0.25) is 0 Å². The van der Waals surface area contributed by atoms with Gasteiger partial charge in [-0.1, -0.05) is 70.8 Å².